The normalized spacial score (nSPS) is 28.0. The third-order valence-corrected chi connectivity index (χ3v) is 2.03. The SMILES string of the molecule is [C]1=C\CCCCCC/C=C/C=C/1. The summed E-state index contributed by atoms with van der Waals surface area (Å²) in [4.78, 5) is 0. The molecule has 0 bridgehead atoms. The van der Waals surface area contributed by atoms with Crippen LogP contribution in [-0.2, 0) is 0 Å². The van der Waals surface area contributed by atoms with E-state index in [1.807, 2.05) is 6.08 Å². The summed E-state index contributed by atoms with van der Waals surface area (Å²) >= 11 is 0. The Morgan fingerprint density at radius 3 is 2.58 bits per heavy atom. The molecule has 0 atom stereocenters. The van der Waals surface area contributed by atoms with Crippen molar-refractivity contribution < 1.29 is 0 Å². The Morgan fingerprint density at radius 2 is 1.67 bits per heavy atom. The van der Waals surface area contributed by atoms with Crippen LogP contribution in [-0.4, -0.2) is 0 Å². The molecule has 0 N–H and O–H groups in total. The van der Waals surface area contributed by atoms with Crippen molar-refractivity contribution in [1.82, 2.24) is 0 Å². The van der Waals surface area contributed by atoms with E-state index in [1.54, 1.807) is 0 Å². The third kappa shape index (κ3) is 4.95. The Bertz CT molecular complexity index is 152. The van der Waals surface area contributed by atoms with E-state index < -0.39 is 0 Å². The van der Waals surface area contributed by atoms with E-state index in [1.165, 1.54) is 38.5 Å². The molecule has 1 rings (SSSR count). The van der Waals surface area contributed by atoms with Crippen molar-refractivity contribution in [3.8, 4) is 0 Å². The predicted octanol–water partition coefficient (Wildman–Crippen LogP) is 3.81. The average Bonchev–Trinajstić information content (AvgIpc) is 2.05. The van der Waals surface area contributed by atoms with E-state index in [0.717, 1.165) is 0 Å². The number of hydrogen-bond acceptors (Lipinski definition) is 0. The number of allylic oxidation sites excluding steroid dienone is 6. The fourth-order valence-corrected chi connectivity index (χ4v) is 1.30. The molecule has 0 saturated carbocycles. The van der Waals surface area contributed by atoms with Crippen LogP contribution in [0.3, 0.4) is 0 Å². The van der Waals surface area contributed by atoms with Crippen LogP contribution in [0.15, 0.2) is 30.4 Å². The molecule has 1 aliphatic rings. The van der Waals surface area contributed by atoms with E-state index in [-0.39, 0.29) is 0 Å². The van der Waals surface area contributed by atoms with Gasteiger partial charge in [0.2, 0.25) is 0 Å². The molecule has 0 amide bonds. The van der Waals surface area contributed by atoms with Crippen LogP contribution < -0.4 is 0 Å². The average molecular weight is 161 g/mol. The zero-order chi connectivity index (χ0) is 8.49. The summed E-state index contributed by atoms with van der Waals surface area (Å²) in [6.45, 7) is 0. The van der Waals surface area contributed by atoms with Gasteiger partial charge < -0.3 is 0 Å². The standard InChI is InChI=1S/C12H17/c1-2-4-6-8-10-12-11-9-7-5-3-1/h1-4,8H,5,7,9-12H2/b3-1+,4-2+,8-6?. The van der Waals surface area contributed by atoms with Gasteiger partial charge in [0.25, 0.3) is 0 Å². The van der Waals surface area contributed by atoms with Gasteiger partial charge in [-0.05, 0) is 31.8 Å². The van der Waals surface area contributed by atoms with E-state index in [4.69, 9.17) is 0 Å². The van der Waals surface area contributed by atoms with Gasteiger partial charge in [-0.25, -0.2) is 0 Å². The quantitative estimate of drug-likeness (QED) is 0.506. The van der Waals surface area contributed by atoms with Crippen molar-refractivity contribution in [2.24, 2.45) is 0 Å². The lowest BCUT2D eigenvalue weighted by Gasteiger charge is -1.96. The Balaban J connectivity index is 2.32. The van der Waals surface area contributed by atoms with Gasteiger partial charge in [-0.3, -0.25) is 0 Å². The maximum Gasteiger partial charge on any atom is -0.0227 e. The lowest BCUT2D eigenvalue weighted by Crippen LogP contribution is -1.77. The van der Waals surface area contributed by atoms with Gasteiger partial charge in [0.05, 0.1) is 0 Å². The van der Waals surface area contributed by atoms with Gasteiger partial charge in [-0.2, -0.15) is 0 Å². The molecule has 0 heterocycles. The van der Waals surface area contributed by atoms with Crippen LogP contribution in [0.2, 0.25) is 0 Å². The van der Waals surface area contributed by atoms with Crippen LogP contribution in [0.25, 0.3) is 0 Å². The first-order valence-electron chi connectivity index (χ1n) is 4.89. The monoisotopic (exact) mass is 161 g/mol. The van der Waals surface area contributed by atoms with Gasteiger partial charge in [0.15, 0.2) is 0 Å². The molecule has 0 aromatic heterocycles. The molecular formula is C12H17. The summed E-state index contributed by atoms with van der Waals surface area (Å²) in [7, 11) is 0. The molecule has 0 aliphatic heterocycles. The van der Waals surface area contributed by atoms with E-state index >= 15 is 0 Å². The zero-order valence-electron chi connectivity index (χ0n) is 7.63. The summed E-state index contributed by atoms with van der Waals surface area (Å²) in [5.41, 5.74) is 0. The Morgan fingerprint density at radius 1 is 0.833 bits per heavy atom. The topological polar surface area (TPSA) is 0 Å². The van der Waals surface area contributed by atoms with E-state index in [2.05, 4.69) is 30.4 Å². The van der Waals surface area contributed by atoms with Crippen LogP contribution in [0.5, 0.6) is 0 Å². The minimum atomic E-state index is 1.19. The van der Waals surface area contributed by atoms with Gasteiger partial charge >= 0.3 is 0 Å². The first-order valence-corrected chi connectivity index (χ1v) is 4.89. The largest absolute Gasteiger partial charge is 0.0845 e. The van der Waals surface area contributed by atoms with Gasteiger partial charge in [-0.1, -0.05) is 43.2 Å². The van der Waals surface area contributed by atoms with Crippen molar-refractivity contribution in [2.75, 3.05) is 0 Å². The van der Waals surface area contributed by atoms with Crippen molar-refractivity contribution in [3.63, 3.8) is 0 Å². The highest BCUT2D eigenvalue weighted by Gasteiger charge is 1.87. The molecule has 1 aliphatic carbocycles. The zero-order valence-corrected chi connectivity index (χ0v) is 7.63. The molecule has 0 unspecified atom stereocenters. The van der Waals surface area contributed by atoms with Crippen LogP contribution in [0.4, 0.5) is 0 Å². The molecule has 0 nitrogen and oxygen atoms in total. The van der Waals surface area contributed by atoms with Crippen molar-refractivity contribution >= 4 is 0 Å². The van der Waals surface area contributed by atoms with Crippen LogP contribution in [0.1, 0.15) is 38.5 Å². The van der Waals surface area contributed by atoms with E-state index in [9.17, 15) is 0 Å². The lowest BCUT2D eigenvalue weighted by molar-refractivity contribution is 0.652. The second-order valence-corrected chi connectivity index (χ2v) is 3.15. The van der Waals surface area contributed by atoms with Crippen LogP contribution in [0, 0.1) is 6.08 Å². The number of rotatable bonds is 0. The van der Waals surface area contributed by atoms with Gasteiger partial charge in [0.1, 0.15) is 0 Å². The van der Waals surface area contributed by atoms with Gasteiger partial charge in [-0.15, -0.1) is 0 Å². The summed E-state index contributed by atoms with van der Waals surface area (Å²) in [6, 6.07) is 0. The second kappa shape index (κ2) is 6.90. The molecule has 1 radical (unpaired) electrons. The second-order valence-electron chi connectivity index (χ2n) is 3.15. The summed E-state index contributed by atoms with van der Waals surface area (Å²) in [6.07, 6.45) is 21.5. The Hall–Kier alpha value is -0.780. The van der Waals surface area contributed by atoms with Crippen molar-refractivity contribution in [3.05, 3.63) is 36.5 Å². The summed E-state index contributed by atoms with van der Waals surface area (Å²) in [5.74, 6) is 0. The minimum absolute atomic E-state index is 1.19. The highest BCUT2D eigenvalue weighted by atomic mass is 13.9. The highest BCUT2D eigenvalue weighted by Crippen LogP contribution is 2.06. The lowest BCUT2D eigenvalue weighted by atomic mass is 10.1. The Labute approximate surface area is 75.7 Å². The summed E-state index contributed by atoms with van der Waals surface area (Å²) in [5, 5.41) is 0. The van der Waals surface area contributed by atoms with Crippen molar-refractivity contribution in [1.29, 1.82) is 0 Å². The third-order valence-electron chi connectivity index (χ3n) is 2.03. The molecule has 12 heavy (non-hydrogen) atoms. The first kappa shape index (κ1) is 9.31. The molecule has 0 heteroatoms. The first-order chi connectivity index (χ1) is 6.00. The van der Waals surface area contributed by atoms with Gasteiger partial charge in [0, 0.05) is 0 Å². The highest BCUT2D eigenvalue weighted by molar-refractivity contribution is 5.07. The maximum atomic E-state index is 3.15. The predicted molar refractivity (Wildman–Crippen MR) is 53.8 cm³/mol. The summed E-state index contributed by atoms with van der Waals surface area (Å²) < 4.78 is 0. The smallest absolute Gasteiger partial charge is 0.0227 e. The fraction of sp³-hybridized carbons (Fsp3) is 0.500. The maximum absolute atomic E-state index is 3.15. The molecule has 0 saturated heterocycles. The molecule has 0 spiro atoms. The molecule has 0 aromatic carbocycles. The Kier molecular flexibility index (Phi) is 5.35. The molecular weight excluding hydrogens is 144 g/mol. The van der Waals surface area contributed by atoms with Crippen LogP contribution >= 0.6 is 0 Å². The van der Waals surface area contributed by atoms with Crippen molar-refractivity contribution in [2.45, 2.75) is 38.5 Å². The fourth-order valence-electron chi connectivity index (χ4n) is 1.30. The molecule has 0 fully saturated rings. The minimum Gasteiger partial charge on any atom is -0.0845 e. The number of hydrogen-bond donors (Lipinski definition) is 0. The molecule has 0 aromatic rings. The van der Waals surface area contributed by atoms with E-state index in [0.29, 0.717) is 0 Å². The molecule has 65 valence electrons.